The van der Waals surface area contributed by atoms with Crippen molar-refractivity contribution in [1.82, 2.24) is 14.6 Å². The predicted octanol–water partition coefficient (Wildman–Crippen LogP) is 2.91. The Labute approximate surface area is 157 Å². The van der Waals surface area contributed by atoms with Crippen LogP contribution in [0.25, 0.3) is 10.9 Å². The number of rotatable bonds is 5. The van der Waals surface area contributed by atoms with Crippen LogP contribution in [0.1, 0.15) is 5.76 Å². The number of hydrogen-bond acceptors (Lipinski definition) is 5. The lowest BCUT2D eigenvalue weighted by Gasteiger charge is -2.26. The molecule has 2 amide bonds. The number of nitrogens with zero attached hydrogens (tertiary/aromatic N) is 3. The SMILES string of the molecule is Cc1cc(NC(=O)Nc2ccc3c(ccn3CCN3CCOCC3)c2)no1. The first-order valence-corrected chi connectivity index (χ1v) is 9.08. The van der Waals surface area contributed by atoms with Crippen LogP contribution in [0.4, 0.5) is 16.3 Å². The van der Waals surface area contributed by atoms with Gasteiger partial charge in [0.25, 0.3) is 0 Å². The van der Waals surface area contributed by atoms with Crippen LogP contribution in [-0.2, 0) is 11.3 Å². The second-order valence-corrected chi connectivity index (χ2v) is 6.64. The molecule has 8 heteroatoms. The second-order valence-electron chi connectivity index (χ2n) is 6.64. The van der Waals surface area contributed by atoms with Crippen molar-refractivity contribution in [2.45, 2.75) is 13.5 Å². The number of carbonyl (C=O) groups is 1. The molecule has 0 aliphatic carbocycles. The Hall–Kier alpha value is -2.84. The lowest BCUT2D eigenvalue weighted by atomic mass is 10.2. The number of fused-ring (bicyclic) bond motifs is 1. The minimum atomic E-state index is -0.352. The molecule has 0 unspecified atom stereocenters. The molecule has 1 aliphatic heterocycles. The monoisotopic (exact) mass is 369 g/mol. The zero-order valence-corrected chi connectivity index (χ0v) is 15.3. The van der Waals surface area contributed by atoms with Crippen LogP contribution < -0.4 is 10.6 Å². The third-order valence-electron chi connectivity index (χ3n) is 4.66. The van der Waals surface area contributed by atoms with Gasteiger partial charge in [-0.05, 0) is 31.2 Å². The van der Waals surface area contributed by atoms with Gasteiger partial charge in [0, 0.05) is 55.0 Å². The standard InChI is InChI=1S/C19H23N5O3/c1-14-12-18(22-27-14)21-19(25)20-16-2-3-17-15(13-16)4-5-24(17)7-6-23-8-10-26-11-9-23/h2-5,12-13H,6-11H2,1H3,(H2,20,21,22,25). The van der Waals surface area contributed by atoms with E-state index in [-0.39, 0.29) is 6.03 Å². The van der Waals surface area contributed by atoms with Gasteiger partial charge in [-0.2, -0.15) is 0 Å². The first-order chi connectivity index (χ1) is 13.2. The fraction of sp³-hybridized carbons (Fsp3) is 0.368. The number of urea groups is 1. The van der Waals surface area contributed by atoms with Crippen molar-refractivity contribution in [1.29, 1.82) is 0 Å². The van der Waals surface area contributed by atoms with Crippen LogP contribution in [0.2, 0.25) is 0 Å². The maximum atomic E-state index is 12.1. The average molecular weight is 369 g/mol. The number of amides is 2. The minimum absolute atomic E-state index is 0.352. The summed E-state index contributed by atoms with van der Waals surface area (Å²) in [6.07, 6.45) is 2.09. The highest BCUT2D eigenvalue weighted by atomic mass is 16.5. The Bertz CT molecular complexity index is 926. The third kappa shape index (κ3) is 4.29. The molecule has 0 saturated carbocycles. The van der Waals surface area contributed by atoms with Gasteiger partial charge in [0.1, 0.15) is 5.76 Å². The van der Waals surface area contributed by atoms with Crippen molar-refractivity contribution in [3.63, 3.8) is 0 Å². The summed E-state index contributed by atoms with van der Waals surface area (Å²) in [5.74, 6) is 1.03. The van der Waals surface area contributed by atoms with E-state index in [1.54, 1.807) is 13.0 Å². The molecule has 2 N–H and O–H groups in total. The maximum absolute atomic E-state index is 12.1. The maximum Gasteiger partial charge on any atom is 0.324 e. The van der Waals surface area contributed by atoms with Crippen molar-refractivity contribution >= 4 is 28.4 Å². The van der Waals surface area contributed by atoms with Crippen molar-refractivity contribution in [2.75, 3.05) is 43.5 Å². The number of carbonyl (C=O) groups excluding carboxylic acids is 1. The van der Waals surface area contributed by atoms with Crippen LogP contribution >= 0.6 is 0 Å². The highest BCUT2D eigenvalue weighted by Gasteiger charge is 2.11. The molecule has 3 aromatic rings. The number of morpholine rings is 1. The Kier molecular flexibility index (Phi) is 5.08. The second kappa shape index (κ2) is 7.81. The summed E-state index contributed by atoms with van der Waals surface area (Å²) in [5.41, 5.74) is 1.88. The normalized spacial score (nSPS) is 15.1. The van der Waals surface area contributed by atoms with Gasteiger partial charge in [-0.15, -0.1) is 0 Å². The molecular formula is C19H23N5O3. The van der Waals surface area contributed by atoms with E-state index in [4.69, 9.17) is 9.26 Å². The van der Waals surface area contributed by atoms with Gasteiger partial charge in [0.2, 0.25) is 0 Å². The van der Waals surface area contributed by atoms with E-state index in [1.165, 1.54) is 0 Å². The Morgan fingerprint density at radius 2 is 2.00 bits per heavy atom. The van der Waals surface area contributed by atoms with E-state index in [9.17, 15) is 4.79 Å². The molecule has 1 fully saturated rings. The molecular weight excluding hydrogens is 346 g/mol. The average Bonchev–Trinajstić information content (AvgIpc) is 3.26. The topological polar surface area (TPSA) is 84.6 Å². The highest BCUT2D eigenvalue weighted by Crippen LogP contribution is 2.21. The van der Waals surface area contributed by atoms with Gasteiger partial charge in [-0.3, -0.25) is 10.2 Å². The van der Waals surface area contributed by atoms with E-state index in [0.29, 0.717) is 11.6 Å². The van der Waals surface area contributed by atoms with E-state index >= 15 is 0 Å². The number of nitrogens with one attached hydrogen (secondary N) is 2. The summed E-state index contributed by atoms with van der Waals surface area (Å²) < 4.78 is 12.6. The number of aryl methyl sites for hydroxylation is 1. The molecule has 3 heterocycles. The van der Waals surface area contributed by atoms with Crippen LogP contribution in [0.15, 0.2) is 41.1 Å². The van der Waals surface area contributed by atoms with Gasteiger partial charge in [0.05, 0.1) is 13.2 Å². The number of ether oxygens (including phenoxy) is 1. The zero-order valence-electron chi connectivity index (χ0n) is 15.3. The molecule has 0 atom stereocenters. The summed E-state index contributed by atoms with van der Waals surface area (Å²) >= 11 is 0. The molecule has 0 radical (unpaired) electrons. The van der Waals surface area contributed by atoms with Crippen LogP contribution in [0, 0.1) is 6.92 Å². The van der Waals surface area contributed by atoms with Crippen LogP contribution in [0.5, 0.6) is 0 Å². The Morgan fingerprint density at radius 1 is 1.15 bits per heavy atom. The van der Waals surface area contributed by atoms with Gasteiger partial charge in [-0.1, -0.05) is 5.16 Å². The molecule has 0 spiro atoms. The molecule has 0 bridgehead atoms. The highest BCUT2D eigenvalue weighted by molar-refractivity contribution is 6.00. The number of benzene rings is 1. The van der Waals surface area contributed by atoms with E-state index in [1.807, 2.05) is 18.2 Å². The first-order valence-electron chi connectivity index (χ1n) is 9.08. The summed E-state index contributed by atoms with van der Waals surface area (Å²) in [5, 5.41) is 10.3. The zero-order chi connectivity index (χ0) is 18.6. The van der Waals surface area contributed by atoms with Crippen molar-refractivity contribution in [2.24, 2.45) is 0 Å². The van der Waals surface area contributed by atoms with Gasteiger partial charge in [0.15, 0.2) is 5.82 Å². The number of aromatic nitrogens is 2. The lowest BCUT2D eigenvalue weighted by Crippen LogP contribution is -2.38. The van der Waals surface area contributed by atoms with E-state index in [0.717, 1.165) is 56.0 Å². The lowest BCUT2D eigenvalue weighted by molar-refractivity contribution is 0.0365. The Balaban J connectivity index is 1.38. The number of anilines is 2. The molecule has 8 nitrogen and oxygen atoms in total. The van der Waals surface area contributed by atoms with Crippen LogP contribution in [0.3, 0.4) is 0 Å². The van der Waals surface area contributed by atoms with Crippen molar-refractivity contribution in [3.05, 3.63) is 42.3 Å². The largest absolute Gasteiger partial charge is 0.379 e. The van der Waals surface area contributed by atoms with Crippen molar-refractivity contribution < 1.29 is 14.1 Å². The predicted molar refractivity (Wildman–Crippen MR) is 103 cm³/mol. The van der Waals surface area contributed by atoms with Gasteiger partial charge < -0.3 is 19.1 Å². The first kappa shape index (κ1) is 17.6. The Morgan fingerprint density at radius 3 is 2.78 bits per heavy atom. The summed E-state index contributed by atoms with van der Waals surface area (Å²) in [7, 11) is 0. The van der Waals surface area contributed by atoms with Crippen molar-refractivity contribution in [3.8, 4) is 0 Å². The fourth-order valence-corrected chi connectivity index (χ4v) is 3.25. The summed E-state index contributed by atoms with van der Waals surface area (Å²) in [6.45, 7) is 7.33. The summed E-state index contributed by atoms with van der Waals surface area (Å²) in [4.78, 5) is 14.5. The molecule has 2 aromatic heterocycles. The molecule has 27 heavy (non-hydrogen) atoms. The van der Waals surface area contributed by atoms with E-state index < -0.39 is 0 Å². The van der Waals surface area contributed by atoms with E-state index in [2.05, 4.69) is 37.5 Å². The smallest absolute Gasteiger partial charge is 0.324 e. The van der Waals surface area contributed by atoms with Gasteiger partial charge >= 0.3 is 6.03 Å². The number of hydrogen-bond donors (Lipinski definition) is 2. The molecule has 1 aromatic carbocycles. The molecule has 4 rings (SSSR count). The quantitative estimate of drug-likeness (QED) is 0.722. The fourth-order valence-electron chi connectivity index (χ4n) is 3.25. The molecule has 142 valence electrons. The van der Waals surface area contributed by atoms with Gasteiger partial charge in [-0.25, -0.2) is 4.79 Å². The minimum Gasteiger partial charge on any atom is -0.379 e. The molecule has 1 aliphatic rings. The summed E-state index contributed by atoms with van der Waals surface area (Å²) in [6, 6.07) is 9.28. The third-order valence-corrected chi connectivity index (χ3v) is 4.66. The molecule has 1 saturated heterocycles. The van der Waals surface area contributed by atoms with Crippen LogP contribution in [-0.4, -0.2) is 53.5 Å².